The average Bonchev–Trinajstić information content (AvgIpc) is 3.48. The first kappa shape index (κ1) is 37.2. The Kier molecular flexibility index (Phi) is 10.2. The minimum atomic E-state index is -1.18. The first-order chi connectivity index (χ1) is 25.9. The summed E-state index contributed by atoms with van der Waals surface area (Å²) < 4.78 is 50.7. The van der Waals surface area contributed by atoms with Gasteiger partial charge in [-0.15, -0.1) is 0 Å². The number of β-amino-alcohol motifs (C(OH)–C–C–N with tert-alkyl or cyclic N) is 1. The van der Waals surface area contributed by atoms with Crippen LogP contribution < -0.4 is 9.64 Å². The maximum Gasteiger partial charge on any atom is 0.319 e. The molecule has 5 atom stereocenters. The summed E-state index contributed by atoms with van der Waals surface area (Å²) in [5.41, 5.74) is -0.608. The molecule has 5 unspecified atom stereocenters. The molecule has 2 aromatic carbocycles. The van der Waals surface area contributed by atoms with E-state index in [0.717, 1.165) is 58.0 Å². The fourth-order valence-corrected chi connectivity index (χ4v) is 10.2. The summed E-state index contributed by atoms with van der Waals surface area (Å²) in [7, 11) is 0. The standard InChI is InChI=1S/C42H53F2N5O5/c1-5-30-33(43)10-9-28-18-29(50)19-31(35(28)30)37-36(44)38-32(20-45-37)39(49-14-15-52-23-41(4,51)22-49)47-40(46-38)53-24-42-11-6-8-34(42)48(13-7-12-42)21-27-16-25(2)54-26(3)17-27/h9-10,18-20,25-27,34,50-51H,5-8,11-17,21-24H2,1-4H3. The van der Waals surface area contributed by atoms with Gasteiger partial charge in [0.25, 0.3) is 0 Å². The van der Waals surface area contributed by atoms with Crippen molar-refractivity contribution in [2.24, 2.45) is 11.3 Å². The van der Waals surface area contributed by atoms with Crippen LogP contribution >= 0.6 is 0 Å². The molecule has 1 aliphatic carbocycles. The Morgan fingerprint density at radius 3 is 2.65 bits per heavy atom. The number of phenols is 1. The van der Waals surface area contributed by atoms with Crippen molar-refractivity contribution in [1.29, 1.82) is 0 Å². The lowest BCUT2D eigenvalue weighted by molar-refractivity contribution is -0.0697. The molecule has 0 bridgehead atoms. The Morgan fingerprint density at radius 2 is 1.85 bits per heavy atom. The lowest BCUT2D eigenvalue weighted by Crippen LogP contribution is -2.53. The van der Waals surface area contributed by atoms with Crippen LogP contribution in [0, 0.1) is 23.0 Å². The molecule has 0 radical (unpaired) electrons. The van der Waals surface area contributed by atoms with E-state index in [2.05, 4.69) is 23.7 Å². The van der Waals surface area contributed by atoms with Crippen molar-refractivity contribution in [2.45, 2.75) is 103 Å². The summed E-state index contributed by atoms with van der Waals surface area (Å²) in [6.45, 7) is 11.6. The van der Waals surface area contributed by atoms with E-state index >= 15 is 8.78 Å². The van der Waals surface area contributed by atoms with Crippen LogP contribution in [-0.2, 0) is 15.9 Å². The van der Waals surface area contributed by atoms with Crippen molar-refractivity contribution in [3.8, 4) is 23.0 Å². The molecule has 8 rings (SSSR count). The van der Waals surface area contributed by atoms with Gasteiger partial charge in [0.15, 0.2) is 5.82 Å². The van der Waals surface area contributed by atoms with E-state index in [1.165, 1.54) is 18.3 Å². The normalized spacial score (nSPS) is 29.4. The number of pyridine rings is 1. The van der Waals surface area contributed by atoms with E-state index in [1.807, 2.05) is 11.8 Å². The van der Waals surface area contributed by atoms with Gasteiger partial charge in [0.1, 0.15) is 34.2 Å². The third-order valence-corrected chi connectivity index (χ3v) is 12.4. The molecule has 3 saturated heterocycles. The second-order valence-corrected chi connectivity index (χ2v) is 16.7. The topological polar surface area (TPSA) is 113 Å². The number of ether oxygens (including phenoxy) is 3. The van der Waals surface area contributed by atoms with Crippen LogP contribution in [0.25, 0.3) is 32.9 Å². The summed E-state index contributed by atoms with van der Waals surface area (Å²) in [6, 6.07) is 6.36. The Morgan fingerprint density at radius 1 is 1.06 bits per heavy atom. The summed E-state index contributed by atoms with van der Waals surface area (Å²) in [6.07, 6.45) is 10.0. The first-order valence-corrected chi connectivity index (χ1v) is 19.8. The molecule has 2 N–H and O–H groups in total. The number of likely N-dealkylation sites (tertiary alicyclic amines) is 1. The number of hydrogen-bond acceptors (Lipinski definition) is 10. The van der Waals surface area contributed by atoms with Gasteiger partial charge in [-0.2, -0.15) is 9.97 Å². The van der Waals surface area contributed by atoms with Crippen molar-refractivity contribution in [1.82, 2.24) is 19.9 Å². The number of halogens is 2. The molecule has 0 amide bonds. The predicted molar refractivity (Wildman–Crippen MR) is 204 cm³/mol. The largest absolute Gasteiger partial charge is 0.508 e. The van der Waals surface area contributed by atoms with Gasteiger partial charge >= 0.3 is 6.01 Å². The van der Waals surface area contributed by atoms with Gasteiger partial charge in [0, 0.05) is 36.3 Å². The van der Waals surface area contributed by atoms with E-state index in [0.29, 0.717) is 65.7 Å². The Labute approximate surface area is 315 Å². The van der Waals surface area contributed by atoms with Crippen LogP contribution in [0.3, 0.4) is 0 Å². The molecule has 12 heteroatoms. The molecule has 2 aromatic heterocycles. The number of aromatic nitrogens is 3. The summed E-state index contributed by atoms with van der Waals surface area (Å²) in [5.74, 6) is -0.219. The molecular weight excluding hydrogens is 692 g/mol. The van der Waals surface area contributed by atoms with Gasteiger partial charge in [0.05, 0.1) is 44.0 Å². The maximum atomic E-state index is 17.2. The molecule has 0 spiro atoms. The second-order valence-electron chi connectivity index (χ2n) is 16.7. The summed E-state index contributed by atoms with van der Waals surface area (Å²) >= 11 is 0. The van der Waals surface area contributed by atoms with Crippen LogP contribution in [0.4, 0.5) is 14.6 Å². The number of aliphatic hydroxyl groups is 1. The number of nitrogens with zero attached hydrogens (tertiary/aromatic N) is 5. The number of anilines is 1. The highest BCUT2D eigenvalue weighted by atomic mass is 19.1. The fourth-order valence-electron chi connectivity index (χ4n) is 10.2. The number of fused-ring (bicyclic) bond motifs is 3. The van der Waals surface area contributed by atoms with Crippen LogP contribution in [0.5, 0.6) is 11.8 Å². The quantitative estimate of drug-likeness (QED) is 0.192. The van der Waals surface area contributed by atoms with Crippen molar-refractivity contribution < 1.29 is 33.2 Å². The fraction of sp³-hybridized carbons (Fsp3) is 0.595. The number of aryl methyl sites for hydroxylation is 1. The van der Waals surface area contributed by atoms with Crippen molar-refractivity contribution in [2.75, 3.05) is 50.9 Å². The average molecular weight is 746 g/mol. The van der Waals surface area contributed by atoms with E-state index in [-0.39, 0.29) is 59.3 Å². The third-order valence-electron chi connectivity index (χ3n) is 12.4. The molecule has 5 heterocycles. The number of rotatable bonds is 8. The Bertz CT molecular complexity index is 2020. The van der Waals surface area contributed by atoms with E-state index < -0.39 is 17.2 Å². The second kappa shape index (κ2) is 14.7. The molecule has 54 heavy (non-hydrogen) atoms. The lowest BCUT2D eigenvalue weighted by atomic mass is 9.75. The van der Waals surface area contributed by atoms with Gasteiger partial charge in [-0.1, -0.05) is 19.4 Å². The maximum absolute atomic E-state index is 17.2. The minimum Gasteiger partial charge on any atom is -0.508 e. The van der Waals surface area contributed by atoms with Gasteiger partial charge < -0.3 is 29.3 Å². The molecule has 1 saturated carbocycles. The molecule has 290 valence electrons. The third kappa shape index (κ3) is 7.10. The number of phenolic OH excluding ortho intramolecular Hbond substituents is 1. The highest BCUT2D eigenvalue weighted by molar-refractivity contribution is 6.01. The minimum absolute atomic E-state index is 0.00394. The predicted octanol–water partition coefficient (Wildman–Crippen LogP) is 7.20. The monoisotopic (exact) mass is 745 g/mol. The summed E-state index contributed by atoms with van der Waals surface area (Å²) in [5, 5.41) is 23.3. The Balaban J connectivity index is 1.18. The number of hydrogen-bond donors (Lipinski definition) is 2. The smallest absolute Gasteiger partial charge is 0.319 e. The van der Waals surface area contributed by atoms with Crippen molar-refractivity contribution >= 4 is 27.5 Å². The lowest BCUT2D eigenvalue weighted by Gasteiger charge is -2.48. The summed E-state index contributed by atoms with van der Waals surface area (Å²) in [4.78, 5) is 18.8. The van der Waals surface area contributed by atoms with E-state index in [9.17, 15) is 10.2 Å². The van der Waals surface area contributed by atoms with Crippen LogP contribution in [-0.4, -0.2) is 99.9 Å². The number of piperidine rings is 1. The van der Waals surface area contributed by atoms with Crippen LogP contribution in [0.15, 0.2) is 30.5 Å². The zero-order valence-electron chi connectivity index (χ0n) is 31.9. The molecular formula is C42H53F2N5O5. The van der Waals surface area contributed by atoms with Crippen LogP contribution in [0.2, 0.25) is 0 Å². The van der Waals surface area contributed by atoms with Gasteiger partial charge in [-0.25, -0.2) is 8.78 Å². The number of benzene rings is 2. The molecule has 10 nitrogen and oxygen atoms in total. The highest BCUT2D eigenvalue weighted by Gasteiger charge is 2.49. The van der Waals surface area contributed by atoms with Crippen LogP contribution in [0.1, 0.15) is 78.2 Å². The molecule has 3 aliphatic heterocycles. The van der Waals surface area contributed by atoms with E-state index in [1.54, 1.807) is 19.1 Å². The SMILES string of the molecule is CCc1c(F)ccc2cc(O)cc(-c3ncc4c(N5CCOCC(C)(O)C5)nc(OCC56CCCC5N(CC5CC(C)OC(C)C5)CCC6)nc4c3F)c12. The number of aromatic hydroxyl groups is 1. The van der Waals surface area contributed by atoms with Crippen molar-refractivity contribution in [3.05, 3.63) is 47.7 Å². The van der Waals surface area contributed by atoms with E-state index in [4.69, 9.17) is 24.2 Å². The molecule has 4 fully saturated rings. The zero-order valence-corrected chi connectivity index (χ0v) is 31.9. The first-order valence-electron chi connectivity index (χ1n) is 19.8. The molecule has 4 aromatic rings. The zero-order chi connectivity index (χ0) is 37.8. The Hall–Kier alpha value is -3.71. The van der Waals surface area contributed by atoms with Gasteiger partial charge in [-0.3, -0.25) is 9.88 Å². The molecule has 4 aliphatic rings. The van der Waals surface area contributed by atoms with Gasteiger partial charge in [0.2, 0.25) is 0 Å². The highest BCUT2D eigenvalue weighted by Crippen LogP contribution is 2.49. The van der Waals surface area contributed by atoms with Gasteiger partial charge in [-0.05, 0) is 113 Å². The van der Waals surface area contributed by atoms with Crippen molar-refractivity contribution in [3.63, 3.8) is 0 Å².